The first-order valence-corrected chi connectivity index (χ1v) is 17.0. The van der Waals surface area contributed by atoms with Gasteiger partial charge in [-0.15, -0.1) is 6.58 Å². The minimum Gasteiger partial charge on any atom is -0.358 e. The summed E-state index contributed by atoms with van der Waals surface area (Å²) < 4.78 is 50.5. The molecule has 1 atom stereocenters. The molecule has 1 N–H and O–H groups in total. The van der Waals surface area contributed by atoms with Crippen LogP contribution in [-0.2, 0) is 6.42 Å². The molecule has 0 bridgehead atoms. The number of nitrogens with zero attached hydrogens (tertiary/aromatic N) is 1. The third-order valence-corrected chi connectivity index (χ3v) is 7.17. The van der Waals surface area contributed by atoms with Gasteiger partial charge in [-0.25, -0.2) is 4.39 Å². The number of rotatable bonds is 13. The molecule has 1 unspecified atom stereocenters. The van der Waals surface area contributed by atoms with Crippen molar-refractivity contribution in [3.05, 3.63) is 94.6 Å². The monoisotopic (exact) mass is 666 g/mol. The molecule has 0 spiro atoms. The van der Waals surface area contributed by atoms with Gasteiger partial charge in [-0.05, 0) is 82.2 Å². The van der Waals surface area contributed by atoms with E-state index in [1.165, 1.54) is 11.1 Å². The smallest absolute Gasteiger partial charge is 0.358 e. The molecule has 0 radical (unpaired) electrons. The Labute approximate surface area is 282 Å². The Hall–Kier alpha value is -2.86. The fraction of sp³-hybridized carbons (Fsp3) is 0.513. The quantitative estimate of drug-likeness (QED) is 0.0953. The molecule has 0 fully saturated rings. The normalized spacial score (nSPS) is 12.7. The van der Waals surface area contributed by atoms with Gasteiger partial charge in [0.15, 0.2) is 5.82 Å². The van der Waals surface area contributed by atoms with Gasteiger partial charge in [0.05, 0.1) is 5.02 Å². The number of H-pyrrole nitrogens is 1. The number of alkyl halides is 3. The second kappa shape index (κ2) is 25.3. The summed E-state index contributed by atoms with van der Waals surface area (Å²) in [6.07, 6.45) is 12.2. The van der Waals surface area contributed by atoms with Gasteiger partial charge in [0.25, 0.3) is 0 Å². The number of nitrogens with one attached hydrogen (secondary N) is 1. The first-order chi connectivity index (χ1) is 21.7. The second-order valence-corrected chi connectivity index (χ2v) is 11.3. The zero-order valence-corrected chi connectivity index (χ0v) is 30.8. The molecule has 2 nitrogen and oxygen atoms in total. The average Bonchev–Trinajstić information content (AvgIpc) is 3.39. The summed E-state index contributed by atoms with van der Waals surface area (Å²) >= 11 is 6.05. The van der Waals surface area contributed by atoms with E-state index in [0.717, 1.165) is 86.1 Å². The molecule has 0 aliphatic carbocycles. The predicted octanol–water partition coefficient (Wildman–Crippen LogP) is 14.6. The number of unbranched alkanes of at least 4 members (excludes halogenated alkanes) is 2. The van der Waals surface area contributed by atoms with E-state index < -0.39 is 11.7 Å². The molecule has 46 heavy (non-hydrogen) atoms. The van der Waals surface area contributed by atoms with E-state index in [0.29, 0.717) is 5.39 Å². The minimum absolute atomic E-state index is 0.193. The maximum absolute atomic E-state index is 14.7. The fourth-order valence-corrected chi connectivity index (χ4v) is 4.28. The van der Waals surface area contributed by atoms with E-state index in [1.807, 2.05) is 40.7 Å². The Kier molecular flexibility index (Phi) is 24.9. The van der Waals surface area contributed by atoms with Crippen molar-refractivity contribution in [3.63, 3.8) is 0 Å². The number of allylic oxidation sites excluding steroid dienone is 7. The number of fused-ring (bicyclic) bond motifs is 1. The summed E-state index contributed by atoms with van der Waals surface area (Å²) in [5, 5.41) is 0.858. The summed E-state index contributed by atoms with van der Waals surface area (Å²) in [7, 11) is 0. The van der Waals surface area contributed by atoms with Crippen LogP contribution >= 0.6 is 11.6 Å². The molecule has 1 aromatic carbocycles. The van der Waals surface area contributed by atoms with Crippen LogP contribution < -0.4 is 0 Å². The maximum atomic E-state index is 14.7. The van der Waals surface area contributed by atoms with Crippen LogP contribution in [0.15, 0.2) is 77.5 Å². The Bertz CT molecular complexity index is 1290. The lowest BCUT2D eigenvalue weighted by atomic mass is 9.91. The lowest BCUT2D eigenvalue weighted by Gasteiger charge is -2.15. The molecule has 0 aliphatic rings. The predicted molar refractivity (Wildman–Crippen MR) is 197 cm³/mol. The number of halogens is 5. The molecule has 2 aromatic rings. The number of aromatic nitrogens is 1. The van der Waals surface area contributed by atoms with Crippen molar-refractivity contribution >= 4 is 28.2 Å². The average molecular weight is 667 g/mol. The highest BCUT2D eigenvalue weighted by Gasteiger charge is 2.29. The number of benzene rings is 1. The highest BCUT2D eigenvalue weighted by Crippen LogP contribution is 2.36. The molecular formula is C39H59ClF4N2. The minimum atomic E-state index is -4.36. The van der Waals surface area contributed by atoms with E-state index in [9.17, 15) is 17.6 Å². The highest BCUT2D eigenvalue weighted by atomic mass is 35.5. The molecule has 2 rings (SSSR count). The molecule has 0 saturated carbocycles. The third kappa shape index (κ3) is 17.2. The van der Waals surface area contributed by atoms with Gasteiger partial charge >= 0.3 is 6.18 Å². The lowest BCUT2D eigenvalue weighted by molar-refractivity contribution is -0.0878. The van der Waals surface area contributed by atoms with Crippen LogP contribution in [0.1, 0.15) is 131 Å². The zero-order chi connectivity index (χ0) is 35.9. The number of aliphatic imine (C=N–C) groups is 1. The Morgan fingerprint density at radius 2 is 1.63 bits per heavy atom. The molecule has 260 valence electrons. The molecule has 0 amide bonds. The topological polar surface area (TPSA) is 28.1 Å². The summed E-state index contributed by atoms with van der Waals surface area (Å²) in [6, 6.07) is 3.52. The van der Waals surface area contributed by atoms with Crippen molar-refractivity contribution in [1.82, 2.24) is 4.98 Å². The van der Waals surface area contributed by atoms with E-state index in [-0.39, 0.29) is 16.8 Å². The molecular weight excluding hydrogens is 608 g/mol. The summed E-state index contributed by atoms with van der Waals surface area (Å²) in [5.41, 5.74) is 5.50. The van der Waals surface area contributed by atoms with Crippen molar-refractivity contribution in [2.75, 3.05) is 0 Å². The molecule has 1 heterocycles. The second-order valence-electron chi connectivity index (χ2n) is 10.9. The van der Waals surface area contributed by atoms with Crippen LogP contribution in [0, 0.1) is 5.82 Å². The SMILES string of the molecule is C/C=C\C(=C/CCC)C(C)c1[nH]c2ccc(Cl)c(F)c2c1CCCC.C=C(/C=C\N=C(C)CCC)C(F)(F)F.C=C(C)CC.CC. The highest BCUT2D eigenvalue weighted by molar-refractivity contribution is 6.31. The number of aryl methyl sites for hydroxylation is 1. The number of aromatic amines is 1. The molecule has 0 aliphatic heterocycles. The fourth-order valence-electron chi connectivity index (χ4n) is 4.12. The van der Waals surface area contributed by atoms with Crippen LogP contribution in [0.3, 0.4) is 0 Å². The molecule has 7 heteroatoms. The Balaban J connectivity index is 0. The van der Waals surface area contributed by atoms with E-state index >= 15 is 0 Å². The van der Waals surface area contributed by atoms with Gasteiger partial charge in [0, 0.05) is 40.0 Å². The van der Waals surface area contributed by atoms with Gasteiger partial charge in [0.2, 0.25) is 0 Å². The van der Waals surface area contributed by atoms with Crippen molar-refractivity contribution in [2.24, 2.45) is 4.99 Å². The van der Waals surface area contributed by atoms with E-state index in [2.05, 4.69) is 69.1 Å². The summed E-state index contributed by atoms with van der Waals surface area (Å²) in [6.45, 7) is 27.0. The van der Waals surface area contributed by atoms with Gasteiger partial charge in [-0.2, -0.15) is 13.2 Å². The number of hydrogen-bond acceptors (Lipinski definition) is 1. The lowest BCUT2D eigenvalue weighted by Crippen LogP contribution is -2.08. The largest absolute Gasteiger partial charge is 0.415 e. The van der Waals surface area contributed by atoms with E-state index in [1.54, 1.807) is 13.0 Å². The molecule has 0 saturated heterocycles. The first kappa shape index (κ1) is 45.3. The van der Waals surface area contributed by atoms with Crippen molar-refractivity contribution in [2.45, 2.75) is 133 Å². The summed E-state index contributed by atoms with van der Waals surface area (Å²) in [4.78, 5) is 7.33. The zero-order valence-electron chi connectivity index (χ0n) is 30.0. The van der Waals surface area contributed by atoms with Crippen LogP contribution in [0.2, 0.25) is 5.02 Å². The Morgan fingerprint density at radius 3 is 2.11 bits per heavy atom. The third-order valence-electron chi connectivity index (χ3n) is 6.88. The Morgan fingerprint density at radius 1 is 1.02 bits per heavy atom. The van der Waals surface area contributed by atoms with E-state index in [4.69, 9.17) is 11.6 Å². The summed E-state index contributed by atoms with van der Waals surface area (Å²) in [5.74, 6) is -0.106. The van der Waals surface area contributed by atoms with Gasteiger partial charge in [-0.3, -0.25) is 4.99 Å². The standard InChI is InChI=1S/C22H29ClFN.C10H14F3N.C5H10.C2H6/c1-5-8-11-16(10-7-3)15(4)22-17(12-9-6-2)20-19(25-22)14-13-18(23)21(20)24;1-4-5-9(3)14-7-6-8(2)10(11,12)13;1-4-5(2)3;1-2/h7,10-11,13-15,25H,5-6,8-9,12H2,1-4H3;6-7H,2,4-5H2,1,3H3;2,4H2,1,3H3;1-2H3/b10-7-,16-11+;7-6-,14-9?;;. The van der Waals surface area contributed by atoms with Crippen molar-refractivity contribution in [3.8, 4) is 0 Å². The maximum Gasteiger partial charge on any atom is 0.415 e. The first-order valence-electron chi connectivity index (χ1n) is 16.6. The van der Waals surface area contributed by atoms with Gasteiger partial charge in [0.1, 0.15) is 0 Å². The number of hydrogen-bond donors (Lipinski definition) is 1. The van der Waals surface area contributed by atoms with Crippen molar-refractivity contribution in [1.29, 1.82) is 0 Å². The van der Waals surface area contributed by atoms with Gasteiger partial charge in [-0.1, -0.05) is 110 Å². The molecule has 1 aromatic heterocycles. The van der Waals surface area contributed by atoms with Crippen LogP contribution in [-0.4, -0.2) is 16.9 Å². The van der Waals surface area contributed by atoms with Crippen LogP contribution in [0.4, 0.5) is 17.6 Å². The van der Waals surface area contributed by atoms with Crippen LogP contribution in [0.5, 0.6) is 0 Å². The van der Waals surface area contributed by atoms with Crippen molar-refractivity contribution < 1.29 is 17.6 Å². The van der Waals surface area contributed by atoms with Crippen LogP contribution in [0.25, 0.3) is 10.9 Å². The van der Waals surface area contributed by atoms with Gasteiger partial charge < -0.3 is 4.98 Å².